The number of pyridine rings is 1. The van der Waals surface area contributed by atoms with Crippen molar-refractivity contribution in [3.8, 4) is 0 Å². The van der Waals surface area contributed by atoms with Gasteiger partial charge in [0.05, 0.1) is 18.0 Å². The first-order chi connectivity index (χ1) is 8.86. The molecule has 19 heavy (non-hydrogen) atoms. The third-order valence-corrected chi connectivity index (χ3v) is 2.15. The van der Waals surface area contributed by atoms with Gasteiger partial charge in [-0.2, -0.15) is 0 Å². The molecule has 7 nitrogen and oxygen atoms in total. The minimum Gasteiger partial charge on any atom is -0.466 e. The van der Waals surface area contributed by atoms with Crippen molar-refractivity contribution in [2.45, 2.75) is 19.8 Å². The SMILES string of the molecule is CCOC(=O)Cc1cc(C(F)F)c([N+](=O)[O-])c(=O)[nH]1. The number of esters is 1. The lowest BCUT2D eigenvalue weighted by Crippen LogP contribution is -2.19. The van der Waals surface area contributed by atoms with E-state index in [-0.39, 0.29) is 12.3 Å². The normalized spacial score (nSPS) is 10.5. The first-order valence-electron chi connectivity index (χ1n) is 5.21. The third kappa shape index (κ3) is 3.57. The minimum atomic E-state index is -3.19. The summed E-state index contributed by atoms with van der Waals surface area (Å²) in [6.07, 6.45) is -3.63. The number of nitrogens with zero attached hydrogens (tertiary/aromatic N) is 1. The maximum Gasteiger partial charge on any atom is 0.342 e. The summed E-state index contributed by atoms with van der Waals surface area (Å²) in [5.41, 5.74) is -3.68. The van der Waals surface area contributed by atoms with Crippen LogP contribution in [-0.2, 0) is 16.0 Å². The second-order valence-corrected chi connectivity index (χ2v) is 3.47. The van der Waals surface area contributed by atoms with E-state index in [0.29, 0.717) is 0 Å². The Morgan fingerprint density at radius 1 is 1.58 bits per heavy atom. The maximum atomic E-state index is 12.7. The fraction of sp³-hybridized carbons (Fsp3) is 0.400. The van der Waals surface area contributed by atoms with E-state index in [9.17, 15) is 28.5 Å². The van der Waals surface area contributed by atoms with Gasteiger partial charge in [0.2, 0.25) is 0 Å². The van der Waals surface area contributed by atoms with E-state index in [4.69, 9.17) is 0 Å². The van der Waals surface area contributed by atoms with E-state index < -0.39 is 40.5 Å². The summed E-state index contributed by atoms with van der Waals surface area (Å²) in [6, 6.07) is 0.723. The molecule has 0 aromatic carbocycles. The van der Waals surface area contributed by atoms with Crippen LogP contribution >= 0.6 is 0 Å². The van der Waals surface area contributed by atoms with Crippen LogP contribution in [-0.4, -0.2) is 22.5 Å². The Hall–Kier alpha value is -2.32. The van der Waals surface area contributed by atoms with Gasteiger partial charge in [-0.05, 0) is 13.0 Å². The number of rotatable bonds is 5. The molecule has 0 aliphatic carbocycles. The number of hydrogen-bond acceptors (Lipinski definition) is 5. The monoisotopic (exact) mass is 276 g/mol. The highest BCUT2D eigenvalue weighted by molar-refractivity contribution is 5.72. The van der Waals surface area contributed by atoms with Gasteiger partial charge in [-0.15, -0.1) is 0 Å². The number of hydrogen-bond donors (Lipinski definition) is 1. The van der Waals surface area contributed by atoms with Crippen molar-refractivity contribution >= 4 is 11.7 Å². The molecule has 0 spiro atoms. The van der Waals surface area contributed by atoms with Gasteiger partial charge >= 0.3 is 17.2 Å². The van der Waals surface area contributed by atoms with Crippen LogP contribution in [0.5, 0.6) is 0 Å². The zero-order chi connectivity index (χ0) is 14.6. The predicted octanol–water partition coefficient (Wildman–Crippen LogP) is 1.33. The molecule has 1 aromatic rings. The van der Waals surface area contributed by atoms with Crippen LogP contribution in [0.4, 0.5) is 14.5 Å². The molecule has 1 N–H and O–H groups in total. The van der Waals surface area contributed by atoms with E-state index >= 15 is 0 Å². The number of H-pyrrole nitrogens is 1. The molecule has 1 rings (SSSR count). The van der Waals surface area contributed by atoms with Crippen molar-refractivity contribution in [2.75, 3.05) is 6.61 Å². The molecule has 0 bridgehead atoms. The molecule has 1 aromatic heterocycles. The first kappa shape index (κ1) is 14.7. The summed E-state index contributed by atoms with van der Waals surface area (Å²) >= 11 is 0. The number of carbonyl (C=O) groups excluding carboxylic acids is 1. The average Bonchev–Trinajstić information content (AvgIpc) is 2.27. The minimum absolute atomic E-state index is 0.0950. The molecular formula is C10H10F2N2O5. The number of alkyl halides is 2. The first-order valence-corrected chi connectivity index (χ1v) is 5.21. The van der Waals surface area contributed by atoms with Crippen LogP contribution in [0.1, 0.15) is 24.6 Å². The van der Waals surface area contributed by atoms with Crippen molar-refractivity contribution in [1.82, 2.24) is 4.98 Å². The van der Waals surface area contributed by atoms with E-state index in [0.717, 1.165) is 6.07 Å². The lowest BCUT2D eigenvalue weighted by Gasteiger charge is -2.05. The van der Waals surface area contributed by atoms with E-state index in [1.807, 2.05) is 4.98 Å². The summed E-state index contributed by atoms with van der Waals surface area (Å²) in [5, 5.41) is 10.5. The number of halogens is 2. The molecule has 0 atom stereocenters. The number of nitro groups is 1. The van der Waals surface area contributed by atoms with Gasteiger partial charge in [0, 0.05) is 5.69 Å². The van der Waals surface area contributed by atoms with Gasteiger partial charge in [-0.25, -0.2) is 8.78 Å². The highest BCUT2D eigenvalue weighted by atomic mass is 19.3. The molecule has 0 saturated heterocycles. The third-order valence-electron chi connectivity index (χ3n) is 2.15. The Morgan fingerprint density at radius 3 is 2.68 bits per heavy atom. The molecule has 1 heterocycles. The topological polar surface area (TPSA) is 102 Å². The fourth-order valence-corrected chi connectivity index (χ4v) is 1.45. The highest BCUT2D eigenvalue weighted by Crippen LogP contribution is 2.26. The highest BCUT2D eigenvalue weighted by Gasteiger charge is 2.27. The van der Waals surface area contributed by atoms with Gasteiger partial charge in [0.25, 0.3) is 6.43 Å². The van der Waals surface area contributed by atoms with Gasteiger partial charge in [0.15, 0.2) is 0 Å². The second kappa shape index (κ2) is 6.03. The average molecular weight is 276 g/mol. The van der Waals surface area contributed by atoms with Gasteiger partial charge in [-0.1, -0.05) is 0 Å². The molecule has 0 saturated carbocycles. The second-order valence-electron chi connectivity index (χ2n) is 3.47. The van der Waals surface area contributed by atoms with Gasteiger partial charge in [0.1, 0.15) is 5.56 Å². The fourth-order valence-electron chi connectivity index (χ4n) is 1.45. The van der Waals surface area contributed by atoms with Crippen molar-refractivity contribution in [2.24, 2.45) is 0 Å². The Morgan fingerprint density at radius 2 is 2.21 bits per heavy atom. The van der Waals surface area contributed by atoms with Crippen LogP contribution in [0.3, 0.4) is 0 Å². The van der Waals surface area contributed by atoms with Crippen molar-refractivity contribution < 1.29 is 23.2 Å². The van der Waals surface area contributed by atoms with Crippen molar-refractivity contribution in [3.63, 3.8) is 0 Å². The predicted molar refractivity (Wildman–Crippen MR) is 59.0 cm³/mol. The maximum absolute atomic E-state index is 12.7. The van der Waals surface area contributed by atoms with Gasteiger partial charge in [-0.3, -0.25) is 19.7 Å². The lowest BCUT2D eigenvalue weighted by atomic mass is 10.1. The zero-order valence-electron chi connectivity index (χ0n) is 9.81. The van der Waals surface area contributed by atoms with Crippen LogP contribution in [0.2, 0.25) is 0 Å². The van der Waals surface area contributed by atoms with Crippen LogP contribution in [0.15, 0.2) is 10.9 Å². The van der Waals surface area contributed by atoms with Crippen LogP contribution in [0.25, 0.3) is 0 Å². The molecule has 0 aliphatic rings. The van der Waals surface area contributed by atoms with Crippen molar-refractivity contribution in [3.05, 3.63) is 37.8 Å². The molecule has 0 unspecified atom stereocenters. The Balaban J connectivity index is 3.21. The quantitative estimate of drug-likeness (QED) is 0.496. The summed E-state index contributed by atoms with van der Waals surface area (Å²) < 4.78 is 29.9. The Labute approximate surface area is 105 Å². The number of ether oxygens (including phenoxy) is 1. The Kier molecular flexibility index (Phi) is 4.67. The zero-order valence-corrected chi connectivity index (χ0v) is 9.81. The van der Waals surface area contributed by atoms with E-state index in [1.165, 1.54) is 0 Å². The summed E-state index contributed by atoms with van der Waals surface area (Å²) in [5.74, 6) is -0.729. The number of nitrogens with one attached hydrogen (secondary N) is 1. The summed E-state index contributed by atoms with van der Waals surface area (Å²) in [7, 11) is 0. The number of carbonyl (C=O) groups is 1. The van der Waals surface area contributed by atoms with E-state index in [2.05, 4.69) is 4.74 Å². The molecule has 0 radical (unpaired) electrons. The molecule has 9 heteroatoms. The van der Waals surface area contributed by atoms with Gasteiger partial charge < -0.3 is 9.72 Å². The molecule has 0 aliphatic heterocycles. The van der Waals surface area contributed by atoms with Crippen LogP contribution < -0.4 is 5.56 Å². The van der Waals surface area contributed by atoms with Crippen LogP contribution in [0, 0.1) is 10.1 Å². The Bertz CT molecular complexity index is 555. The lowest BCUT2D eigenvalue weighted by molar-refractivity contribution is -0.387. The molecule has 0 amide bonds. The molecule has 104 valence electrons. The molecular weight excluding hydrogens is 266 g/mol. The largest absolute Gasteiger partial charge is 0.466 e. The number of aromatic nitrogens is 1. The summed E-state index contributed by atoms with van der Waals surface area (Å²) in [4.78, 5) is 33.9. The standard InChI is InChI=1S/C10H10F2N2O5/c1-2-19-7(15)4-5-3-6(9(11)12)8(14(17)18)10(16)13-5/h3,9H,2,4H2,1H3,(H,13,16). The van der Waals surface area contributed by atoms with E-state index in [1.54, 1.807) is 6.92 Å². The van der Waals surface area contributed by atoms with Crippen molar-refractivity contribution in [1.29, 1.82) is 0 Å². The molecule has 0 fully saturated rings. The summed E-state index contributed by atoms with van der Waals surface area (Å²) in [6.45, 7) is 1.65. The smallest absolute Gasteiger partial charge is 0.342 e. The number of aromatic amines is 1.